The lowest BCUT2D eigenvalue weighted by Gasteiger charge is -2.23. The van der Waals surface area contributed by atoms with Crippen LogP contribution >= 0.6 is 0 Å². The third kappa shape index (κ3) is 11.0. The number of halogens is 2. The van der Waals surface area contributed by atoms with Gasteiger partial charge in [-0.3, -0.25) is 0 Å². The average Bonchev–Trinajstić information content (AvgIpc) is 2.90. The van der Waals surface area contributed by atoms with Gasteiger partial charge in [-0.05, 0) is 50.1 Å². The molecule has 0 saturated carbocycles. The van der Waals surface area contributed by atoms with Crippen molar-refractivity contribution in [2.45, 2.75) is 65.4 Å². The second kappa shape index (κ2) is 17.3. The van der Waals surface area contributed by atoms with Crippen LogP contribution in [0.25, 0.3) is 0 Å². The van der Waals surface area contributed by atoms with Gasteiger partial charge in [-0.25, -0.2) is 18.4 Å². The van der Waals surface area contributed by atoms with E-state index < -0.39 is 23.8 Å². The quantitative estimate of drug-likeness (QED) is 0.189. The number of ether oxygens (including phenoxy) is 3. The standard InChI is InChI=1S/C29H40F2N2O5/c1-4-7-8-9-10-17-33(29(35)32-26-16-13-23(30)21-25(26)31)18-19-38-24-14-11-22(12-15-24)20-27(36-5-2)28(34)37-6-3/h11-16,21,27H,4-10,17-20H2,1-3H3,(H,32,35)/t27-/m0/s1. The second-order valence-corrected chi connectivity index (χ2v) is 8.85. The number of carbonyl (C=O) groups excluding carboxylic acids is 2. The number of anilines is 1. The molecule has 0 heterocycles. The Morgan fingerprint density at radius 3 is 2.32 bits per heavy atom. The number of esters is 1. The largest absolute Gasteiger partial charge is 0.492 e. The molecule has 2 rings (SSSR count). The van der Waals surface area contributed by atoms with E-state index in [-0.39, 0.29) is 18.3 Å². The molecule has 2 aromatic rings. The third-order valence-electron chi connectivity index (χ3n) is 5.88. The minimum absolute atomic E-state index is 0.0722. The fourth-order valence-electron chi connectivity index (χ4n) is 3.86. The van der Waals surface area contributed by atoms with Gasteiger partial charge in [0, 0.05) is 25.6 Å². The number of hydrogen-bond acceptors (Lipinski definition) is 5. The normalized spacial score (nSPS) is 11.6. The number of amides is 2. The van der Waals surface area contributed by atoms with E-state index in [1.165, 1.54) is 6.07 Å². The summed E-state index contributed by atoms with van der Waals surface area (Å²) in [6.07, 6.45) is 4.87. The summed E-state index contributed by atoms with van der Waals surface area (Å²) in [5, 5.41) is 2.53. The van der Waals surface area contributed by atoms with Gasteiger partial charge in [0.1, 0.15) is 24.0 Å². The van der Waals surface area contributed by atoms with Crippen LogP contribution in [0.2, 0.25) is 0 Å². The Bertz CT molecular complexity index is 987. The van der Waals surface area contributed by atoms with E-state index in [0.717, 1.165) is 49.8 Å². The minimum Gasteiger partial charge on any atom is -0.492 e. The minimum atomic E-state index is -0.827. The van der Waals surface area contributed by atoms with E-state index in [0.29, 0.717) is 38.5 Å². The fraction of sp³-hybridized carbons (Fsp3) is 0.517. The number of nitrogens with one attached hydrogen (secondary N) is 1. The summed E-state index contributed by atoms with van der Waals surface area (Å²) in [6, 6.07) is 9.89. The van der Waals surface area contributed by atoms with Crippen LogP contribution in [-0.2, 0) is 20.7 Å². The van der Waals surface area contributed by atoms with Crippen molar-refractivity contribution >= 4 is 17.7 Å². The molecule has 0 aliphatic rings. The van der Waals surface area contributed by atoms with Crippen LogP contribution in [0, 0.1) is 11.6 Å². The van der Waals surface area contributed by atoms with Crippen molar-refractivity contribution in [1.29, 1.82) is 0 Å². The SMILES string of the molecule is CCCCCCCN(CCOc1ccc(C[C@H](OCC)C(=O)OCC)cc1)C(=O)Nc1ccc(F)cc1F. The number of benzene rings is 2. The molecule has 2 aromatic carbocycles. The van der Waals surface area contributed by atoms with Gasteiger partial charge >= 0.3 is 12.0 Å². The van der Waals surface area contributed by atoms with E-state index in [9.17, 15) is 18.4 Å². The Hall–Kier alpha value is -3.20. The first-order chi connectivity index (χ1) is 18.4. The fourth-order valence-corrected chi connectivity index (χ4v) is 3.86. The Kier molecular flexibility index (Phi) is 14.2. The van der Waals surface area contributed by atoms with Crippen LogP contribution in [0.3, 0.4) is 0 Å². The van der Waals surface area contributed by atoms with Gasteiger partial charge in [-0.1, -0.05) is 44.7 Å². The zero-order valence-corrected chi connectivity index (χ0v) is 22.6. The molecular weight excluding hydrogens is 494 g/mol. The van der Waals surface area contributed by atoms with Crippen LogP contribution in [-0.4, -0.2) is 55.9 Å². The Morgan fingerprint density at radius 1 is 0.921 bits per heavy atom. The number of nitrogens with zero attached hydrogens (tertiary/aromatic N) is 1. The molecule has 9 heteroatoms. The molecule has 0 aliphatic carbocycles. The number of rotatable bonds is 17. The lowest BCUT2D eigenvalue weighted by molar-refractivity contribution is -0.156. The molecule has 0 bridgehead atoms. The maximum absolute atomic E-state index is 14.0. The summed E-state index contributed by atoms with van der Waals surface area (Å²) in [7, 11) is 0. The van der Waals surface area contributed by atoms with Crippen molar-refractivity contribution in [3.63, 3.8) is 0 Å². The van der Waals surface area contributed by atoms with Crippen molar-refractivity contribution in [2.24, 2.45) is 0 Å². The zero-order chi connectivity index (χ0) is 27.8. The number of urea groups is 1. The van der Waals surface area contributed by atoms with Crippen LogP contribution < -0.4 is 10.1 Å². The van der Waals surface area contributed by atoms with Crippen molar-refractivity contribution in [3.8, 4) is 5.75 Å². The lowest BCUT2D eigenvalue weighted by Crippen LogP contribution is -2.38. The maximum atomic E-state index is 14.0. The van der Waals surface area contributed by atoms with Gasteiger partial charge in [0.25, 0.3) is 0 Å². The Morgan fingerprint density at radius 2 is 1.66 bits per heavy atom. The van der Waals surface area contributed by atoms with E-state index in [1.807, 2.05) is 19.1 Å². The average molecular weight is 535 g/mol. The molecular formula is C29H40F2N2O5. The molecule has 0 saturated heterocycles. The van der Waals surface area contributed by atoms with Crippen molar-refractivity contribution in [2.75, 3.05) is 38.2 Å². The first-order valence-electron chi connectivity index (χ1n) is 13.4. The summed E-state index contributed by atoms with van der Waals surface area (Å²) < 4.78 is 43.7. The molecule has 1 N–H and O–H groups in total. The van der Waals surface area contributed by atoms with Crippen molar-refractivity contribution < 1.29 is 32.6 Å². The van der Waals surface area contributed by atoms with Crippen LogP contribution in [0.4, 0.5) is 19.3 Å². The first kappa shape index (κ1) is 31.0. The Balaban J connectivity index is 1.94. The number of unbranched alkanes of at least 4 members (excludes halogenated alkanes) is 4. The number of hydrogen-bond donors (Lipinski definition) is 1. The highest BCUT2D eigenvalue weighted by Gasteiger charge is 2.20. The molecule has 0 aromatic heterocycles. The van der Waals surface area contributed by atoms with Crippen LogP contribution in [0.1, 0.15) is 58.4 Å². The van der Waals surface area contributed by atoms with Crippen LogP contribution in [0.15, 0.2) is 42.5 Å². The molecule has 7 nitrogen and oxygen atoms in total. The van der Waals surface area contributed by atoms with Crippen molar-refractivity contribution in [3.05, 3.63) is 59.7 Å². The van der Waals surface area contributed by atoms with E-state index in [4.69, 9.17) is 14.2 Å². The molecule has 38 heavy (non-hydrogen) atoms. The molecule has 0 unspecified atom stereocenters. The highest BCUT2D eigenvalue weighted by Crippen LogP contribution is 2.17. The van der Waals surface area contributed by atoms with Crippen LogP contribution in [0.5, 0.6) is 5.75 Å². The van der Waals surface area contributed by atoms with E-state index in [1.54, 1.807) is 24.0 Å². The summed E-state index contributed by atoms with van der Waals surface area (Å²) in [6.45, 7) is 7.44. The van der Waals surface area contributed by atoms with Crippen molar-refractivity contribution in [1.82, 2.24) is 4.90 Å². The molecule has 0 fully saturated rings. The Labute approximate surface area is 224 Å². The highest BCUT2D eigenvalue weighted by molar-refractivity contribution is 5.89. The second-order valence-electron chi connectivity index (χ2n) is 8.85. The van der Waals surface area contributed by atoms with Gasteiger partial charge in [0.05, 0.1) is 18.8 Å². The maximum Gasteiger partial charge on any atom is 0.335 e. The van der Waals surface area contributed by atoms with Gasteiger partial charge in [0.15, 0.2) is 6.10 Å². The van der Waals surface area contributed by atoms with Gasteiger partial charge < -0.3 is 24.4 Å². The van der Waals surface area contributed by atoms with Gasteiger partial charge in [0.2, 0.25) is 0 Å². The molecule has 0 aliphatic heterocycles. The first-order valence-corrected chi connectivity index (χ1v) is 13.4. The smallest absolute Gasteiger partial charge is 0.335 e. The molecule has 210 valence electrons. The molecule has 0 radical (unpaired) electrons. The number of carbonyl (C=O) groups is 2. The van der Waals surface area contributed by atoms with E-state index >= 15 is 0 Å². The molecule has 1 atom stereocenters. The zero-order valence-electron chi connectivity index (χ0n) is 22.6. The van der Waals surface area contributed by atoms with E-state index in [2.05, 4.69) is 12.2 Å². The molecule has 2 amide bonds. The van der Waals surface area contributed by atoms with Gasteiger partial charge in [-0.15, -0.1) is 0 Å². The monoisotopic (exact) mass is 534 g/mol. The molecule has 0 spiro atoms. The predicted octanol–water partition coefficient (Wildman–Crippen LogP) is 6.36. The highest BCUT2D eigenvalue weighted by atomic mass is 19.1. The summed E-state index contributed by atoms with van der Waals surface area (Å²) in [4.78, 5) is 26.5. The summed E-state index contributed by atoms with van der Waals surface area (Å²) >= 11 is 0. The third-order valence-corrected chi connectivity index (χ3v) is 5.88. The van der Waals surface area contributed by atoms with Gasteiger partial charge in [-0.2, -0.15) is 0 Å². The topological polar surface area (TPSA) is 77.1 Å². The summed E-state index contributed by atoms with van der Waals surface area (Å²) in [5.74, 6) is -1.30. The predicted molar refractivity (Wildman–Crippen MR) is 143 cm³/mol. The summed E-state index contributed by atoms with van der Waals surface area (Å²) in [5.41, 5.74) is 0.829. The lowest BCUT2D eigenvalue weighted by atomic mass is 10.1.